The molecule has 0 aliphatic carbocycles. The van der Waals surface area contributed by atoms with E-state index in [4.69, 9.17) is 10.5 Å². The maximum atomic E-state index is 13.0. The highest BCUT2D eigenvalue weighted by atomic mass is 79.9. The summed E-state index contributed by atoms with van der Waals surface area (Å²) in [7, 11) is 0. The van der Waals surface area contributed by atoms with Crippen molar-refractivity contribution in [2.45, 2.75) is 18.9 Å². The molecule has 2 rings (SSSR count). The van der Waals surface area contributed by atoms with Crippen molar-refractivity contribution in [2.75, 3.05) is 12.3 Å². The Bertz CT molecular complexity index is 353. The van der Waals surface area contributed by atoms with Crippen molar-refractivity contribution in [3.8, 4) is 0 Å². The van der Waals surface area contributed by atoms with Gasteiger partial charge in [0, 0.05) is 18.2 Å². The minimum absolute atomic E-state index is 0.0798. The Morgan fingerprint density at radius 3 is 3.07 bits per heavy atom. The summed E-state index contributed by atoms with van der Waals surface area (Å²) >= 11 is 3.11. The minimum Gasteiger partial charge on any atom is -0.396 e. The molecule has 76 valence electrons. The number of halogens is 2. The van der Waals surface area contributed by atoms with Crippen LogP contribution in [0.15, 0.2) is 10.7 Å². The van der Waals surface area contributed by atoms with Crippen molar-refractivity contribution in [1.29, 1.82) is 0 Å². The average molecular weight is 261 g/mol. The summed E-state index contributed by atoms with van der Waals surface area (Å²) < 4.78 is 18.8. The van der Waals surface area contributed by atoms with Crippen LogP contribution in [0.1, 0.15) is 24.5 Å². The van der Waals surface area contributed by atoms with Crippen LogP contribution in [0.5, 0.6) is 0 Å². The summed E-state index contributed by atoms with van der Waals surface area (Å²) in [6.07, 6.45) is 1.80. The summed E-state index contributed by atoms with van der Waals surface area (Å²) in [5.74, 6) is -0.531. The molecule has 1 aromatic heterocycles. The average Bonchev–Trinajstić information content (AvgIpc) is 2.63. The quantitative estimate of drug-likeness (QED) is 0.790. The van der Waals surface area contributed by atoms with E-state index in [9.17, 15) is 4.39 Å². The second-order valence-electron chi connectivity index (χ2n) is 3.24. The molecule has 0 bridgehead atoms. The van der Waals surface area contributed by atoms with E-state index in [0.29, 0.717) is 22.5 Å². The van der Waals surface area contributed by atoms with E-state index in [2.05, 4.69) is 20.9 Å². The summed E-state index contributed by atoms with van der Waals surface area (Å²) in [4.78, 5) is 3.57. The van der Waals surface area contributed by atoms with Crippen LogP contribution in [0.3, 0.4) is 0 Å². The highest BCUT2D eigenvalue weighted by molar-refractivity contribution is 9.10. The van der Waals surface area contributed by atoms with E-state index < -0.39 is 5.95 Å². The lowest BCUT2D eigenvalue weighted by Gasteiger charge is -2.13. The van der Waals surface area contributed by atoms with Gasteiger partial charge in [0.1, 0.15) is 4.60 Å². The van der Waals surface area contributed by atoms with Crippen molar-refractivity contribution in [1.82, 2.24) is 4.98 Å². The van der Waals surface area contributed by atoms with Gasteiger partial charge in [-0.1, -0.05) is 0 Å². The van der Waals surface area contributed by atoms with Crippen LogP contribution in [-0.2, 0) is 4.74 Å². The molecule has 1 aromatic rings. The van der Waals surface area contributed by atoms with Crippen LogP contribution in [0.25, 0.3) is 0 Å². The summed E-state index contributed by atoms with van der Waals surface area (Å²) in [5.41, 5.74) is 6.94. The van der Waals surface area contributed by atoms with Crippen LogP contribution in [0.2, 0.25) is 0 Å². The Balaban J connectivity index is 2.40. The van der Waals surface area contributed by atoms with Gasteiger partial charge < -0.3 is 10.5 Å². The topological polar surface area (TPSA) is 48.1 Å². The first-order valence-electron chi connectivity index (χ1n) is 4.41. The number of rotatable bonds is 1. The molecule has 1 atom stereocenters. The SMILES string of the molecule is Nc1c(C2CCCO2)cc(F)nc1Br. The third-order valence-electron chi connectivity index (χ3n) is 2.29. The molecule has 1 aliphatic rings. The second kappa shape index (κ2) is 3.82. The van der Waals surface area contributed by atoms with Gasteiger partial charge in [-0.15, -0.1) is 0 Å². The van der Waals surface area contributed by atoms with Crippen LogP contribution < -0.4 is 5.73 Å². The minimum atomic E-state index is -0.531. The fourth-order valence-corrected chi connectivity index (χ4v) is 2.00. The second-order valence-corrected chi connectivity index (χ2v) is 3.99. The molecule has 5 heteroatoms. The monoisotopic (exact) mass is 260 g/mol. The maximum absolute atomic E-state index is 13.0. The number of anilines is 1. The zero-order chi connectivity index (χ0) is 10.1. The smallest absolute Gasteiger partial charge is 0.214 e. The molecule has 0 amide bonds. The summed E-state index contributed by atoms with van der Waals surface area (Å²) in [6.45, 7) is 0.714. The Morgan fingerprint density at radius 2 is 2.43 bits per heavy atom. The molecular formula is C9H10BrFN2O. The fourth-order valence-electron chi connectivity index (χ4n) is 1.60. The van der Waals surface area contributed by atoms with Crippen molar-refractivity contribution >= 4 is 21.6 Å². The normalized spacial score (nSPS) is 21.4. The molecule has 1 aliphatic heterocycles. The Labute approximate surface area is 89.6 Å². The van der Waals surface area contributed by atoms with Gasteiger partial charge >= 0.3 is 0 Å². The van der Waals surface area contributed by atoms with Gasteiger partial charge in [-0.2, -0.15) is 4.39 Å². The zero-order valence-corrected chi connectivity index (χ0v) is 9.05. The molecule has 1 fully saturated rings. The molecule has 2 heterocycles. The van der Waals surface area contributed by atoms with Gasteiger partial charge in [0.2, 0.25) is 5.95 Å². The Hall–Kier alpha value is -0.680. The molecule has 0 aromatic carbocycles. The lowest BCUT2D eigenvalue weighted by molar-refractivity contribution is 0.112. The van der Waals surface area contributed by atoms with Crippen molar-refractivity contribution in [3.05, 3.63) is 22.2 Å². The largest absolute Gasteiger partial charge is 0.396 e. The van der Waals surface area contributed by atoms with E-state index in [1.54, 1.807) is 0 Å². The Morgan fingerprint density at radius 1 is 1.64 bits per heavy atom. The number of nitrogen functional groups attached to an aromatic ring is 1. The van der Waals surface area contributed by atoms with Crippen LogP contribution in [0, 0.1) is 5.95 Å². The molecule has 2 N–H and O–H groups in total. The molecule has 0 saturated carbocycles. The molecule has 1 saturated heterocycles. The third-order valence-corrected chi connectivity index (χ3v) is 2.89. The van der Waals surface area contributed by atoms with E-state index in [-0.39, 0.29) is 6.10 Å². The van der Waals surface area contributed by atoms with Crippen molar-refractivity contribution in [2.24, 2.45) is 0 Å². The number of ether oxygens (including phenoxy) is 1. The predicted octanol–water partition coefficient (Wildman–Crippen LogP) is 2.42. The number of aromatic nitrogens is 1. The van der Waals surface area contributed by atoms with Gasteiger partial charge in [0.05, 0.1) is 11.8 Å². The fraction of sp³-hybridized carbons (Fsp3) is 0.444. The molecule has 1 unspecified atom stereocenters. The lowest BCUT2D eigenvalue weighted by atomic mass is 10.1. The van der Waals surface area contributed by atoms with Gasteiger partial charge in [0.15, 0.2) is 0 Å². The first-order valence-corrected chi connectivity index (χ1v) is 5.21. The van der Waals surface area contributed by atoms with Crippen LogP contribution >= 0.6 is 15.9 Å². The van der Waals surface area contributed by atoms with E-state index in [1.165, 1.54) is 6.07 Å². The maximum Gasteiger partial charge on any atom is 0.214 e. The zero-order valence-electron chi connectivity index (χ0n) is 7.46. The summed E-state index contributed by atoms with van der Waals surface area (Å²) in [5, 5.41) is 0. The predicted molar refractivity (Wildman–Crippen MR) is 54.2 cm³/mol. The van der Waals surface area contributed by atoms with E-state index in [0.717, 1.165) is 12.8 Å². The third kappa shape index (κ3) is 1.74. The first-order chi connectivity index (χ1) is 6.68. The standard InChI is InChI=1S/C9H10BrFN2O/c10-9-8(12)5(4-7(11)13-9)6-2-1-3-14-6/h4,6H,1-3,12H2. The molecular weight excluding hydrogens is 251 g/mol. The lowest BCUT2D eigenvalue weighted by Crippen LogP contribution is -2.04. The number of hydrogen-bond donors (Lipinski definition) is 1. The summed E-state index contributed by atoms with van der Waals surface area (Å²) in [6, 6.07) is 1.34. The van der Waals surface area contributed by atoms with Gasteiger partial charge in [0.25, 0.3) is 0 Å². The number of hydrogen-bond acceptors (Lipinski definition) is 3. The van der Waals surface area contributed by atoms with E-state index in [1.807, 2.05) is 0 Å². The highest BCUT2D eigenvalue weighted by Crippen LogP contribution is 2.34. The molecule has 14 heavy (non-hydrogen) atoms. The van der Waals surface area contributed by atoms with Crippen molar-refractivity contribution in [3.63, 3.8) is 0 Å². The van der Waals surface area contributed by atoms with Gasteiger partial charge in [-0.05, 0) is 28.8 Å². The van der Waals surface area contributed by atoms with Crippen LogP contribution in [-0.4, -0.2) is 11.6 Å². The van der Waals surface area contributed by atoms with Gasteiger partial charge in [-0.3, -0.25) is 0 Å². The Kier molecular flexibility index (Phi) is 2.69. The number of pyridine rings is 1. The molecule has 3 nitrogen and oxygen atoms in total. The van der Waals surface area contributed by atoms with Crippen molar-refractivity contribution < 1.29 is 9.13 Å². The number of nitrogens with zero attached hydrogens (tertiary/aromatic N) is 1. The highest BCUT2D eigenvalue weighted by Gasteiger charge is 2.22. The molecule has 0 radical (unpaired) electrons. The number of nitrogens with two attached hydrogens (primary N) is 1. The van der Waals surface area contributed by atoms with Gasteiger partial charge in [-0.25, -0.2) is 4.98 Å². The molecule has 0 spiro atoms. The first kappa shape index (κ1) is 9.86. The van der Waals surface area contributed by atoms with Crippen LogP contribution in [0.4, 0.5) is 10.1 Å². The van der Waals surface area contributed by atoms with E-state index >= 15 is 0 Å².